The average molecular weight is 509 g/mol. The molecule has 0 atom stereocenters. The van der Waals surface area contributed by atoms with Crippen LogP contribution in [-0.4, -0.2) is 41.5 Å². The van der Waals surface area contributed by atoms with E-state index < -0.39 is 12.2 Å². The van der Waals surface area contributed by atoms with Gasteiger partial charge in [-0.05, 0) is 66.3 Å². The Labute approximate surface area is 214 Å². The third-order valence-corrected chi connectivity index (χ3v) is 6.48. The Bertz CT molecular complexity index is 1850. The van der Waals surface area contributed by atoms with Crippen LogP contribution in [0.4, 0.5) is 9.59 Å². The van der Waals surface area contributed by atoms with Crippen molar-refractivity contribution in [2.45, 2.75) is 0 Å². The number of fused-ring (bicyclic) bond motifs is 8. The summed E-state index contributed by atoms with van der Waals surface area (Å²) in [6.45, 7) is 0. The second kappa shape index (κ2) is 8.61. The van der Waals surface area contributed by atoms with E-state index in [2.05, 4.69) is 9.97 Å². The lowest BCUT2D eigenvalue weighted by molar-refractivity contribution is 0.197. The maximum absolute atomic E-state index is 12.5. The molecule has 8 nitrogen and oxygen atoms in total. The largest absolute Gasteiger partial charge is 0.464 e. The molecule has 3 aromatic heterocycles. The zero-order chi connectivity index (χ0) is 25.7. The molecule has 5 heterocycles. The molecule has 0 unspecified atom stereocenters. The van der Waals surface area contributed by atoms with Crippen molar-refractivity contribution >= 4 is 70.2 Å². The van der Waals surface area contributed by atoms with E-state index in [4.69, 9.17) is 11.6 Å². The van der Waals surface area contributed by atoms with Gasteiger partial charge in [0, 0.05) is 5.56 Å². The summed E-state index contributed by atoms with van der Waals surface area (Å²) in [6, 6.07) is 19.2. The van der Waals surface area contributed by atoms with Gasteiger partial charge < -0.3 is 10.2 Å². The molecule has 4 aromatic rings. The fraction of sp³-hybridized carbons (Fsp3) is 0. The predicted molar refractivity (Wildman–Crippen MR) is 143 cm³/mol. The van der Waals surface area contributed by atoms with Crippen molar-refractivity contribution in [2.24, 2.45) is 0 Å². The van der Waals surface area contributed by atoms with Gasteiger partial charge in [0.1, 0.15) is 0 Å². The molecule has 2 N–H and O–H groups in total. The molecule has 2 aliphatic heterocycles. The monoisotopic (exact) mass is 508 g/mol. The van der Waals surface area contributed by atoms with Crippen molar-refractivity contribution in [1.29, 1.82) is 0 Å². The molecule has 180 valence electrons. The lowest BCUT2D eigenvalue weighted by Crippen LogP contribution is -2.07. The number of benzene rings is 1. The highest BCUT2D eigenvalue weighted by Gasteiger charge is 2.21. The molecular formula is C28H17ClN4O4. The first-order valence-corrected chi connectivity index (χ1v) is 11.6. The van der Waals surface area contributed by atoms with Crippen LogP contribution in [0.15, 0.2) is 66.7 Å². The molecule has 0 spiro atoms. The maximum Gasteiger partial charge on any atom is 0.416 e. The summed E-state index contributed by atoms with van der Waals surface area (Å²) in [5.74, 6) is 0. The van der Waals surface area contributed by atoms with Crippen LogP contribution in [0, 0.1) is 0 Å². The number of rotatable bonds is 1. The first-order chi connectivity index (χ1) is 17.9. The number of nitrogens with zero attached hydrogens (tertiary/aromatic N) is 4. The molecular weight excluding hydrogens is 492 g/mol. The van der Waals surface area contributed by atoms with Crippen LogP contribution in [0.5, 0.6) is 0 Å². The summed E-state index contributed by atoms with van der Waals surface area (Å²) in [7, 11) is 0. The van der Waals surface area contributed by atoms with Gasteiger partial charge in [-0.2, -0.15) is 0 Å². The molecule has 0 saturated carbocycles. The van der Waals surface area contributed by atoms with E-state index in [9.17, 15) is 19.8 Å². The molecule has 0 radical (unpaired) electrons. The summed E-state index contributed by atoms with van der Waals surface area (Å²) in [5, 5.41) is 20.3. The average Bonchev–Trinajstić information content (AvgIpc) is 3.63. The third-order valence-electron chi connectivity index (χ3n) is 6.10. The van der Waals surface area contributed by atoms with E-state index in [1.807, 2.05) is 30.3 Å². The minimum Gasteiger partial charge on any atom is -0.464 e. The van der Waals surface area contributed by atoms with Crippen molar-refractivity contribution in [3.63, 3.8) is 0 Å². The van der Waals surface area contributed by atoms with E-state index in [1.165, 1.54) is 0 Å². The van der Waals surface area contributed by atoms with Crippen LogP contribution in [0.1, 0.15) is 22.8 Å². The van der Waals surface area contributed by atoms with Gasteiger partial charge in [-0.1, -0.05) is 41.9 Å². The highest BCUT2D eigenvalue weighted by molar-refractivity contribution is 6.38. The number of aromatic nitrogens is 4. The van der Waals surface area contributed by atoms with Gasteiger partial charge in [0.2, 0.25) is 0 Å². The Morgan fingerprint density at radius 2 is 1.14 bits per heavy atom. The van der Waals surface area contributed by atoms with Gasteiger partial charge in [-0.15, -0.1) is 0 Å². The zero-order valence-corrected chi connectivity index (χ0v) is 19.8. The van der Waals surface area contributed by atoms with Crippen LogP contribution in [-0.2, 0) is 0 Å². The van der Waals surface area contributed by atoms with Crippen LogP contribution < -0.4 is 0 Å². The first-order valence-electron chi connectivity index (χ1n) is 11.2. The van der Waals surface area contributed by atoms with Gasteiger partial charge in [0.15, 0.2) is 0 Å². The fourth-order valence-corrected chi connectivity index (χ4v) is 4.88. The maximum atomic E-state index is 12.5. The standard InChI is InChI=1S/C28H17ClN4O4/c29-26-24-15-20-9-7-18(31-20)13-22-11-10-21(32(22)27(34)35)12-17-6-8-19(30-17)14-23(33(24)28(36)37)25(26)16-4-2-1-3-5-16/h1-15H,(H,34,35)(H,36,37). The number of hydrogen-bond donors (Lipinski definition) is 2. The SMILES string of the molecule is O=C(O)n1c2ccc1cc1nc(cc3c(-c4ccccc4)c(Cl)c(cc4nc(c2)C=C4)n3C(=O)O)C=C1. The molecule has 0 amide bonds. The zero-order valence-electron chi connectivity index (χ0n) is 19.0. The molecule has 0 saturated heterocycles. The van der Waals surface area contributed by atoms with Gasteiger partial charge in [0.05, 0.1) is 49.9 Å². The number of halogens is 1. The topological polar surface area (TPSA) is 110 Å². The van der Waals surface area contributed by atoms with Gasteiger partial charge in [-0.25, -0.2) is 28.7 Å². The molecule has 1 aromatic carbocycles. The van der Waals surface area contributed by atoms with E-state index in [0.29, 0.717) is 44.9 Å². The molecule has 0 fully saturated rings. The lowest BCUT2D eigenvalue weighted by Gasteiger charge is -2.02. The summed E-state index contributed by atoms with van der Waals surface area (Å²) in [6.07, 6.45) is 4.58. The number of hydrogen-bond acceptors (Lipinski definition) is 4. The Morgan fingerprint density at radius 3 is 1.65 bits per heavy atom. The minimum absolute atomic E-state index is 0.255. The van der Waals surface area contributed by atoms with Crippen LogP contribution in [0.2, 0.25) is 5.02 Å². The summed E-state index contributed by atoms with van der Waals surface area (Å²) in [5.41, 5.74) is 4.76. The van der Waals surface area contributed by atoms with E-state index in [-0.39, 0.29) is 10.5 Å². The molecule has 37 heavy (non-hydrogen) atoms. The van der Waals surface area contributed by atoms with Crippen molar-refractivity contribution in [3.05, 3.63) is 94.5 Å². The minimum atomic E-state index is -1.20. The second-order valence-electron chi connectivity index (χ2n) is 8.41. The van der Waals surface area contributed by atoms with Crippen molar-refractivity contribution < 1.29 is 19.8 Å². The summed E-state index contributed by atoms with van der Waals surface area (Å²) >= 11 is 6.86. The molecule has 0 aliphatic carbocycles. The number of carbonyl (C=O) groups is 2. The van der Waals surface area contributed by atoms with Crippen LogP contribution in [0.25, 0.3) is 57.5 Å². The third kappa shape index (κ3) is 3.89. The molecule has 2 aliphatic rings. The van der Waals surface area contributed by atoms with Crippen molar-refractivity contribution in [2.75, 3.05) is 0 Å². The molecule has 8 bridgehead atoms. The summed E-state index contributed by atoms with van der Waals surface area (Å²) < 4.78 is 2.29. The first kappa shape index (κ1) is 22.5. The normalized spacial score (nSPS) is 12.1. The van der Waals surface area contributed by atoms with Crippen molar-refractivity contribution in [1.82, 2.24) is 19.1 Å². The highest BCUT2D eigenvalue weighted by Crippen LogP contribution is 2.38. The van der Waals surface area contributed by atoms with Gasteiger partial charge in [0.25, 0.3) is 0 Å². The number of carboxylic acid groups (broad SMARTS) is 2. The van der Waals surface area contributed by atoms with Gasteiger partial charge in [-0.3, -0.25) is 0 Å². The Kier molecular flexibility index (Phi) is 5.24. The Morgan fingerprint density at radius 1 is 0.649 bits per heavy atom. The van der Waals surface area contributed by atoms with E-state index in [1.54, 1.807) is 60.7 Å². The summed E-state index contributed by atoms with van der Waals surface area (Å²) in [4.78, 5) is 33.7. The second-order valence-corrected chi connectivity index (χ2v) is 8.79. The van der Waals surface area contributed by atoms with E-state index >= 15 is 0 Å². The Hall–Kier alpha value is -4.95. The van der Waals surface area contributed by atoms with Gasteiger partial charge >= 0.3 is 12.2 Å². The molecule has 9 heteroatoms. The highest BCUT2D eigenvalue weighted by atomic mass is 35.5. The molecule has 6 rings (SSSR count). The lowest BCUT2D eigenvalue weighted by atomic mass is 10.1. The van der Waals surface area contributed by atoms with Crippen LogP contribution >= 0.6 is 11.6 Å². The smallest absolute Gasteiger partial charge is 0.416 e. The fourth-order valence-electron chi connectivity index (χ4n) is 4.54. The van der Waals surface area contributed by atoms with Crippen molar-refractivity contribution in [3.8, 4) is 11.1 Å². The predicted octanol–water partition coefficient (Wildman–Crippen LogP) is 6.98. The van der Waals surface area contributed by atoms with Crippen LogP contribution in [0.3, 0.4) is 0 Å². The van der Waals surface area contributed by atoms with E-state index in [0.717, 1.165) is 14.7 Å². The quantitative estimate of drug-likeness (QED) is 0.248. The Balaban J connectivity index is 1.81.